The van der Waals surface area contributed by atoms with E-state index in [1.54, 1.807) is 34.3 Å². The molecule has 33 heavy (non-hydrogen) atoms. The van der Waals surface area contributed by atoms with Crippen molar-refractivity contribution in [3.8, 4) is 0 Å². The molecule has 1 aliphatic carbocycles. The monoisotopic (exact) mass is 447 g/mol. The lowest BCUT2D eigenvalue weighted by Crippen LogP contribution is -2.34. The molecular weight excluding hydrogens is 421 g/mol. The maximum absolute atomic E-state index is 14.4. The Balaban J connectivity index is 1.29. The Bertz CT molecular complexity index is 1390. The van der Waals surface area contributed by atoms with E-state index in [9.17, 15) is 9.18 Å². The zero-order chi connectivity index (χ0) is 22.7. The van der Waals surface area contributed by atoms with Crippen LogP contribution in [0, 0.1) is 19.7 Å². The van der Waals surface area contributed by atoms with Gasteiger partial charge in [-0.1, -0.05) is 0 Å². The zero-order valence-corrected chi connectivity index (χ0v) is 18.7. The summed E-state index contributed by atoms with van der Waals surface area (Å²) in [6, 6.07) is 8.27. The molecule has 0 aromatic carbocycles. The van der Waals surface area contributed by atoms with Gasteiger partial charge in [0.05, 0.1) is 28.3 Å². The van der Waals surface area contributed by atoms with E-state index in [2.05, 4.69) is 25.6 Å². The molecule has 4 aromatic rings. The van der Waals surface area contributed by atoms with E-state index in [-0.39, 0.29) is 11.6 Å². The summed E-state index contributed by atoms with van der Waals surface area (Å²) in [7, 11) is 0. The second-order valence-corrected chi connectivity index (χ2v) is 9.20. The van der Waals surface area contributed by atoms with Crippen LogP contribution in [0.3, 0.4) is 0 Å². The average Bonchev–Trinajstić information content (AvgIpc) is 3.13. The highest BCUT2D eigenvalue weighted by molar-refractivity contribution is 6.04. The molecule has 1 saturated heterocycles. The lowest BCUT2D eigenvalue weighted by Gasteiger charge is -2.21. The smallest absolute Gasteiger partial charge is 0.274 e. The van der Waals surface area contributed by atoms with Gasteiger partial charge in [0.2, 0.25) is 0 Å². The van der Waals surface area contributed by atoms with Gasteiger partial charge in [0.1, 0.15) is 5.69 Å². The van der Waals surface area contributed by atoms with Gasteiger partial charge in [-0.2, -0.15) is 5.10 Å². The van der Waals surface area contributed by atoms with Crippen molar-refractivity contribution in [2.45, 2.75) is 45.2 Å². The summed E-state index contributed by atoms with van der Waals surface area (Å²) in [5.41, 5.74) is 4.52. The standard InChI is InChI=1S/C24H26FN7O/c1-14-9-22-20(30-8-7-17(12-30)27-16-3-4-16)5-6-21(32(22)29-14)24(33)28-18-10-19(25)23-26-15(2)11-31(23)13-18/h5-6,9-11,13,16-17,27H,3-4,7-8,12H2,1-2H3,(H,28,33)/t17-/m1/s1. The van der Waals surface area contributed by atoms with Crippen molar-refractivity contribution in [1.29, 1.82) is 0 Å². The number of pyridine rings is 2. The van der Waals surface area contributed by atoms with Crippen LogP contribution in [0.5, 0.6) is 0 Å². The molecule has 9 heteroatoms. The second-order valence-electron chi connectivity index (χ2n) is 9.20. The van der Waals surface area contributed by atoms with Crippen LogP contribution >= 0.6 is 0 Å². The predicted molar refractivity (Wildman–Crippen MR) is 125 cm³/mol. The van der Waals surface area contributed by atoms with Gasteiger partial charge < -0.3 is 19.9 Å². The summed E-state index contributed by atoms with van der Waals surface area (Å²) in [6.07, 6.45) is 7.06. The number of hydrogen-bond donors (Lipinski definition) is 2. The van der Waals surface area contributed by atoms with Crippen LogP contribution in [-0.2, 0) is 0 Å². The predicted octanol–water partition coefficient (Wildman–Crippen LogP) is 3.32. The number of amides is 1. The van der Waals surface area contributed by atoms with E-state index in [1.165, 1.54) is 18.9 Å². The number of fused-ring (bicyclic) bond motifs is 2. The van der Waals surface area contributed by atoms with Gasteiger partial charge in [0, 0.05) is 43.6 Å². The van der Waals surface area contributed by atoms with Gasteiger partial charge in [0.25, 0.3) is 5.91 Å². The number of nitrogens with one attached hydrogen (secondary N) is 2. The maximum atomic E-state index is 14.4. The van der Waals surface area contributed by atoms with E-state index >= 15 is 0 Å². The first-order valence-corrected chi connectivity index (χ1v) is 11.4. The Kier molecular flexibility index (Phi) is 4.62. The van der Waals surface area contributed by atoms with Crippen molar-refractivity contribution in [1.82, 2.24) is 24.3 Å². The van der Waals surface area contributed by atoms with E-state index in [4.69, 9.17) is 0 Å². The Hall–Kier alpha value is -3.46. The third-order valence-electron chi connectivity index (χ3n) is 6.42. The number of anilines is 2. The number of imidazole rings is 1. The summed E-state index contributed by atoms with van der Waals surface area (Å²) in [5, 5.41) is 11.1. The van der Waals surface area contributed by atoms with E-state index in [0.717, 1.165) is 36.4 Å². The van der Waals surface area contributed by atoms with Crippen molar-refractivity contribution >= 4 is 28.4 Å². The van der Waals surface area contributed by atoms with Crippen LogP contribution in [0.1, 0.15) is 41.1 Å². The fraction of sp³-hybridized carbons (Fsp3) is 0.375. The fourth-order valence-corrected chi connectivity index (χ4v) is 4.76. The molecule has 1 aliphatic heterocycles. The lowest BCUT2D eigenvalue weighted by molar-refractivity contribution is 0.102. The Morgan fingerprint density at radius 1 is 1.09 bits per heavy atom. The molecule has 0 spiro atoms. The minimum absolute atomic E-state index is 0.236. The van der Waals surface area contributed by atoms with Crippen molar-refractivity contribution in [2.24, 2.45) is 0 Å². The van der Waals surface area contributed by atoms with Crippen LogP contribution in [0.15, 0.2) is 36.7 Å². The summed E-state index contributed by atoms with van der Waals surface area (Å²) < 4.78 is 17.7. The summed E-state index contributed by atoms with van der Waals surface area (Å²) in [6.45, 7) is 5.64. The lowest BCUT2D eigenvalue weighted by atomic mass is 10.2. The van der Waals surface area contributed by atoms with Crippen molar-refractivity contribution in [2.75, 3.05) is 23.3 Å². The molecule has 1 amide bonds. The second kappa shape index (κ2) is 7.55. The number of carbonyl (C=O) groups is 1. The van der Waals surface area contributed by atoms with Gasteiger partial charge in [0.15, 0.2) is 11.5 Å². The minimum Gasteiger partial charge on any atom is -0.368 e. The first kappa shape index (κ1) is 20.2. The third kappa shape index (κ3) is 3.72. The summed E-state index contributed by atoms with van der Waals surface area (Å²) in [4.78, 5) is 19.7. The van der Waals surface area contributed by atoms with Crippen molar-refractivity contribution < 1.29 is 9.18 Å². The SMILES string of the molecule is Cc1cn2cc(NC(=O)c3ccc(N4CC[C@@H](NC5CC5)C4)c4cc(C)nn34)cc(F)c2n1. The first-order chi connectivity index (χ1) is 15.9. The van der Waals surface area contributed by atoms with E-state index < -0.39 is 5.82 Å². The van der Waals surface area contributed by atoms with Gasteiger partial charge >= 0.3 is 0 Å². The molecule has 2 aliphatic rings. The quantitative estimate of drug-likeness (QED) is 0.491. The molecule has 5 heterocycles. The topological polar surface area (TPSA) is 79.0 Å². The van der Waals surface area contributed by atoms with Gasteiger partial charge in [-0.15, -0.1) is 0 Å². The maximum Gasteiger partial charge on any atom is 0.274 e. The molecule has 8 nitrogen and oxygen atoms in total. The van der Waals surface area contributed by atoms with Crippen LogP contribution < -0.4 is 15.5 Å². The normalized spacial score (nSPS) is 18.5. The van der Waals surface area contributed by atoms with Gasteiger partial charge in [-0.05, 0) is 51.3 Å². The highest BCUT2D eigenvalue weighted by Gasteiger charge is 2.30. The fourth-order valence-electron chi connectivity index (χ4n) is 4.76. The largest absolute Gasteiger partial charge is 0.368 e. The number of nitrogens with zero attached hydrogens (tertiary/aromatic N) is 5. The molecule has 4 aromatic heterocycles. The van der Waals surface area contributed by atoms with E-state index in [0.29, 0.717) is 29.2 Å². The van der Waals surface area contributed by atoms with Gasteiger partial charge in [-0.25, -0.2) is 13.9 Å². The van der Waals surface area contributed by atoms with E-state index in [1.807, 2.05) is 19.1 Å². The van der Waals surface area contributed by atoms with Crippen LogP contribution in [0.25, 0.3) is 11.2 Å². The highest BCUT2D eigenvalue weighted by atomic mass is 19.1. The third-order valence-corrected chi connectivity index (χ3v) is 6.42. The molecule has 0 radical (unpaired) electrons. The molecular formula is C24H26FN7O. The summed E-state index contributed by atoms with van der Waals surface area (Å²) >= 11 is 0. The molecule has 6 rings (SSSR count). The van der Waals surface area contributed by atoms with Crippen LogP contribution in [-0.4, -0.2) is 50.1 Å². The molecule has 0 bridgehead atoms. The molecule has 2 N–H and O–H groups in total. The number of hydrogen-bond acceptors (Lipinski definition) is 5. The van der Waals surface area contributed by atoms with Crippen LogP contribution in [0.4, 0.5) is 15.8 Å². The summed E-state index contributed by atoms with van der Waals surface area (Å²) in [5.74, 6) is -0.834. The molecule has 1 atom stereocenters. The Morgan fingerprint density at radius 3 is 2.76 bits per heavy atom. The number of aryl methyl sites for hydroxylation is 2. The average molecular weight is 448 g/mol. The first-order valence-electron chi connectivity index (χ1n) is 11.4. The van der Waals surface area contributed by atoms with Gasteiger partial charge in [-0.3, -0.25) is 4.79 Å². The minimum atomic E-state index is -0.486. The number of rotatable bonds is 5. The molecule has 2 fully saturated rings. The Morgan fingerprint density at radius 2 is 1.94 bits per heavy atom. The van der Waals surface area contributed by atoms with Crippen LogP contribution in [0.2, 0.25) is 0 Å². The number of carbonyl (C=O) groups excluding carboxylic acids is 1. The van der Waals surface area contributed by atoms with Crippen molar-refractivity contribution in [3.05, 3.63) is 59.6 Å². The highest BCUT2D eigenvalue weighted by Crippen LogP contribution is 2.29. The molecule has 0 unspecified atom stereocenters. The number of aromatic nitrogens is 4. The molecule has 170 valence electrons. The zero-order valence-electron chi connectivity index (χ0n) is 18.7. The Labute approximate surface area is 190 Å². The molecule has 1 saturated carbocycles. The number of halogens is 1. The van der Waals surface area contributed by atoms with Crippen molar-refractivity contribution in [3.63, 3.8) is 0 Å².